The Hall–Kier alpha value is -2.30. The van der Waals surface area contributed by atoms with E-state index in [4.69, 9.17) is 9.15 Å². The highest BCUT2D eigenvalue weighted by molar-refractivity contribution is 5.82. The Balaban J connectivity index is 1.64. The van der Waals surface area contributed by atoms with Gasteiger partial charge in [-0.3, -0.25) is 4.79 Å². The van der Waals surface area contributed by atoms with Crippen molar-refractivity contribution in [3.05, 3.63) is 40.2 Å². The van der Waals surface area contributed by atoms with Gasteiger partial charge in [0.05, 0.1) is 0 Å². The number of hydrogen-bond donors (Lipinski definition) is 1. The van der Waals surface area contributed by atoms with Crippen LogP contribution in [0.4, 0.5) is 0 Å². The fourth-order valence-corrected chi connectivity index (χ4v) is 3.52. The third kappa shape index (κ3) is 4.21. The molecule has 0 radical (unpaired) electrons. The van der Waals surface area contributed by atoms with Crippen molar-refractivity contribution in [3.63, 3.8) is 0 Å². The molecule has 1 fully saturated rings. The molecule has 0 saturated heterocycles. The molecule has 1 aromatic heterocycles. The molecule has 5 nitrogen and oxygen atoms in total. The first-order valence-corrected chi connectivity index (χ1v) is 9.05. The molecule has 0 bridgehead atoms. The van der Waals surface area contributed by atoms with Crippen LogP contribution < -0.4 is 15.7 Å². The molecule has 1 aliphatic carbocycles. The first-order valence-electron chi connectivity index (χ1n) is 9.05. The Morgan fingerprint density at radius 3 is 2.84 bits per heavy atom. The number of ether oxygens (including phenoxy) is 1. The van der Waals surface area contributed by atoms with Gasteiger partial charge in [0.15, 0.2) is 6.61 Å². The number of aryl methyl sites for hydroxylation is 1. The molecule has 2 atom stereocenters. The van der Waals surface area contributed by atoms with E-state index in [1.165, 1.54) is 18.9 Å². The molecule has 25 heavy (non-hydrogen) atoms. The number of carbonyl (C=O) groups excluding carboxylic acids is 1. The second kappa shape index (κ2) is 7.72. The van der Waals surface area contributed by atoms with Crippen LogP contribution in [-0.4, -0.2) is 18.6 Å². The molecule has 2 aromatic rings. The molecule has 1 aromatic carbocycles. The molecule has 0 aliphatic heterocycles. The summed E-state index contributed by atoms with van der Waals surface area (Å²) in [5.74, 6) is 0.929. The molecule has 3 rings (SSSR count). The van der Waals surface area contributed by atoms with Gasteiger partial charge >= 0.3 is 5.63 Å². The maximum Gasteiger partial charge on any atom is 0.336 e. The van der Waals surface area contributed by atoms with Crippen molar-refractivity contribution in [1.82, 2.24) is 5.32 Å². The van der Waals surface area contributed by atoms with E-state index in [9.17, 15) is 9.59 Å². The highest BCUT2D eigenvalue weighted by Gasteiger charge is 2.22. The second-order valence-corrected chi connectivity index (χ2v) is 6.83. The Morgan fingerprint density at radius 2 is 2.08 bits per heavy atom. The van der Waals surface area contributed by atoms with E-state index in [1.54, 1.807) is 12.1 Å². The van der Waals surface area contributed by atoms with Gasteiger partial charge in [-0.15, -0.1) is 0 Å². The van der Waals surface area contributed by atoms with Crippen LogP contribution in [0.2, 0.25) is 0 Å². The number of fused-ring (bicyclic) bond motifs is 1. The van der Waals surface area contributed by atoms with Crippen molar-refractivity contribution in [3.8, 4) is 5.75 Å². The summed E-state index contributed by atoms with van der Waals surface area (Å²) in [6, 6.07) is 7.10. The van der Waals surface area contributed by atoms with Gasteiger partial charge in [0, 0.05) is 23.6 Å². The van der Waals surface area contributed by atoms with E-state index in [0.29, 0.717) is 17.3 Å². The minimum absolute atomic E-state index is 0.0353. The number of nitrogens with one attached hydrogen (secondary N) is 1. The lowest BCUT2D eigenvalue weighted by atomic mass is 9.86. The molecule has 0 spiro atoms. The normalized spacial score (nSPS) is 20.4. The van der Waals surface area contributed by atoms with Crippen LogP contribution in [0.5, 0.6) is 5.75 Å². The topological polar surface area (TPSA) is 68.5 Å². The number of carbonyl (C=O) groups is 1. The van der Waals surface area contributed by atoms with Crippen molar-refractivity contribution in [1.29, 1.82) is 0 Å². The second-order valence-electron chi connectivity index (χ2n) is 6.83. The Labute approximate surface area is 147 Å². The summed E-state index contributed by atoms with van der Waals surface area (Å²) in [6.07, 6.45) is 5.36. The summed E-state index contributed by atoms with van der Waals surface area (Å²) in [7, 11) is 0. The first kappa shape index (κ1) is 17.5. The SMILES string of the molecule is CCc1cc(=O)oc2cc(OCC(=O)NC3CCCCC3C)ccc12. The van der Waals surface area contributed by atoms with E-state index in [1.807, 2.05) is 13.0 Å². The third-order valence-corrected chi connectivity index (χ3v) is 5.01. The Morgan fingerprint density at radius 1 is 1.28 bits per heavy atom. The van der Waals surface area contributed by atoms with Crippen LogP contribution in [0, 0.1) is 5.92 Å². The fraction of sp³-hybridized carbons (Fsp3) is 0.500. The Kier molecular flexibility index (Phi) is 5.41. The molecule has 1 heterocycles. The molecule has 134 valence electrons. The summed E-state index contributed by atoms with van der Waals surface area (Å²) in [5, 5.41) is 3.96. The van der Waals surface area contributed by atoms with Gasteiger partial charge in [0.2, 0.25) is 0 Å². The van der Waals surface area contributed by atoms with Gasteiger partial charge in [-0.05, 0) is 42.9 Å². The van der Waals surface area contributed by atoms with E-state index >= 15 is 0 Å². The lowest BCUT2D eigenvalue weighted by Gasteiger charge is -2.29. The van der Waals surface area contributed by atoms with Crippen LogP contribution in [0.25, 0.3) is 11.0 Å². The number of rotatable bonds is 5. The molecular formula is C20H25NO4. The predicted octanol–water partition coefficient (Wildman–Crippen LogP) is 3.43. The van der Waals surface area contributed by atoms with E-state index in [0.717, 1.165) is 30.2 Å². The Bertz CT molecular complexity index is 811. The van der Waals surface area contributed by atoms with Gasteiger partial charge in [-0.2, -0.15) is 0 Å². The van der Waals surface area contributed by atoms with E-state index in [-0.39, 0.29) is 24.2 Å². The van der Waals surface area contributed by atoms with Gasteiger partial charge in [0.25, 0.3) is 5.91 Å². The standard InChI is InChI=1S/C20H25NO4/c1-3-14-10-20(23)25-18-11-15(8-9-16(14)18)24-12-19(22)21-17-7-5-4-6-13(17)2/h8-11,13,17H,3-7,12H2,1-2H3,(H,21,22). The van der Waals surface area contributed by atoms with Crippen molar-refractivity contribution in [2.24, 2.45) is 5.92 Å². The number of amides is 1. The zero-order valence-electron chi connectivity index (χ0n) is 14.8. The van der Waals surface area contributed by atoms with Crippen LogP contribution in [0.15, 0.2) is 33.5 Å². The van der Waals surface area contributed by atoms with Crippen molar-refractivity contribution in [2.75, 3.05) is 6.61 Å². The third-order valence-electron chi connectivity index (χ3n) is 5.01. The highest BCUT2D eigenvalue weighted by Crippen LogP contribution is 2.24. The molecule has 1 saturated carbocycles. The summed E-state index contributed by atoms with van der Waals surface area (Å²) in [6.45, 7) is 4.14. The average molecular weight is 343 g/mol. The quantitative estimate of drug-likeness (QED) is 0.845. The van der Waals surface area contributed by atoms with E-state index in [2.05, 4.69) is 12.2 Å². The molecule has 1 amide bonds. The van der Waals surface area contributed by atoms with Gasteiger partial charge < -0.3 is 14.5 Å². The zero-order chi connectivity index (χ0) is 17.8. The number of benzene rings is 1. The van der Waals surface area contributed by atoms with E-state index < -0.39 is 0 Å². The molecule has 1 aliphatic rings. The molecular weight excluding hydrogens is 318 g/mol. The van der Waals surface area contributed by atoms with Gasteiger partial charge in [0.1, 0.15) is 11.3 Å². The molecule has 1 N–H and O–H groups in total. The summed E-state index contributed by atoms with van der Waals surface area (Å²) in [4.78, 5) is 23.8. The summed E-state index contributed by atoms with van der Waals surface area (Å²) in [5.41, 5.74) is 1.07. The smallest absolute Gasteiger partial charge is 0.336 e. The van der Waals surface area contributed by atoms with Gasteiger partial charge in [-0.1, -0.05) is 26.7 Å². The van der Waals surface area contributed by atoms with Crippen molar-refractivity contribution >= 4 is 16.9 Å². The summed E-state index contributed by atoms with van der Waals surface area (Å²) >= 11 is 0. The van der Waals surface area contributed by atoms with Crippen LogP contribution in [0.3, 0.4) is 0 Å². The lowest BCUT2D eigenvalue weighted by molar-refractivity contribution is -0.124. The predicted molar refractivity (Wildman–Crippen MR) is 96.9 cm³/mol. The average Bonchev–Trinajstić information content (AvgIpc) is 2.60. The largest absolute Gasteiger partial charge is 0.484 e. The number of hydrogen-bond acceptors (Lipinski definition) is 4. The van der Waals surface area contributed by atoms with Crippen molar-refractivity contribution < 1.29 is 13.9 Å². The van der Waals surface area contributed by atoms with Crippen molar-refractivity contribution in [2.45, 2.75) is 52.0 Å². The van der Waals surface area contributed by atoms with Gasteiger partial charge in [-0.25, -0.2) is 4.79 Å². The monoisotopic (exact) mass is 343 g/mol. The van der Waals surface area contributed by atoms with Crippen LogP contribution in [0.1, 0.15) is 45.1 Å². The van der Waals surface area contributed by atoms with Crippen LogP contribution >= 0.6 is 0 Å². The van der Waals surface area contributed by atoms with Crippen LogP contribution in [-0.2, 0) is 11.2 Å². The highest BCUT2D eigenvalue weighted by atomic mass is 16.5. The lowest BCUT2D eigenvalue weighted by Crippen LogP contribution is -2.43. The zero-order valence-corrected chi connectivity index (χ0v) is 14.8. The minimum atomic E-state index is -0.370. The maximum absolute atomic E-state index is 12.1. The summed E-state index contributed by atoms with van der Waals surface area (Å²) < 4.78 is 10.8. The first-order chi connectivity index (χ1) is 12.1. The fourth-order valence-electron chi connectivity index (χ4n) is 3.52. The molecule has 2 unspecified atom stereocenters. The minimum Gasteiger partial charge on any atom is -0.484 e. The maximum atomic E-state index is 12.1. The molecule has 5 heteroatoms.